The van der Waals surface area contributed by atoms with Crippen molar-refractivity contribution in [1.82, 2.24) is 10.2 Å². The number of thiocarbonyl (C=S) groups is 1. The number of hydrogen-bond acceptors (Lipinski definition) is 2. The van der Waals surface area contributed by atoms with Crippen LogP contribution in [0.15, 0.2) is 24.3 Å². The number of benzene rings is 1. The second kappa shape index (κ2) is 7.45. The Hall–Kier alpha value is -1.33. The fraction of sp³-hybridized carbons (Fsp3) is 0.429. The van der Waals surface area contributed by atoms with Gasteiger partial charge in [-0.1, -0.05) is 23.7 Å². The quantitative estimate of drug-likeness (QED) is 0.648. The third-order valence-corrected chi connectivity index (χ3v) is 3.76. The maximum atomic E-state index is 11.4. The largest absolute Gasteiger partial charge is 0.362 e. The van der Waals surface area contributed by atoms with Gasteiger partial charge in [-0.25, -0.2) is 0 Å². The zero-order valence-electron chi connectivity index (χ0n) is 11.2. The van der Waals surface area contributed by atoms with Gasteiger partial charge in [0.2, 0.25) is 5.91 Å². The van der Waals surface area contributed by atoms with Crippen molar-refractivity contribution < 1.29 is 4.79 Å². The standard InChI is InChI=1S/C14H18ClN3OS/c15-11-5-1-2-6-12(11)17-14(20)16-8-4-10-18-9-3-7-13(18)19/h1-2,5-6H,3-4,7-10H2,(H2,16,17,20). The zero-order chi connectivity index (χ0) is 14.4. The number of para-hydroxylation sites is 1. The van der Waals surface area contributed by atoms with Crippen molar-refractivity contribution in [1.29, 1.82) is 0 Å². The first-order valence-corrected chi connectivity index (χ1v) is 7.52. The van der Waals surface area contributed by atoms with Crippen LogP contribution in [0.1, 0.15) is 19.3 Å². The third kappa shape index (κ3) is 4.35. The van der Waals surface area contributed by atoms with E-state index in [0.29, 0.717) is 16.6 Å². The molecule has 0 atom stereocenters. The Balaban J connectivity index is 1.65. The number of likely N-dealkylation sites (tertiary alicyclic amines) is 1. The van der Waals surface area contributed by atoms with Gasteiger partial charge in [0.05, 0.1) is 10.7 Å². The van der Waals surface area contributed by atoms with Gasteiger partial charge < -0.3 is 15.5 Å². The van der Waals surface area contributed by atoms with Crippen LogP contribution in [0.5, 0.6) is 0 Å². The molecule has 2 N–H and O–H groups in total. The first-order chi connectivity index (χ1) is 9.66. The number of hydrogen-bond donors (Lipinski definition) is 2. The molecule has 1 amide bonds. The van der Waals surface area contributed by atoms with Crippen molar-refractivity contribution in [2.75, 3.05) is 25.0 Å². The van der Waals surface area contributed by atoms with Crippen LogP contribution in [-0.4, -0.2) is 35.6 Å². The summed E-state index contributed by atoms with van der Waals surface area (Å²) >= 11 is 11.2. The number of rotatable bonds is 5. The monoisotopic (exact) mass is 311 g/mol. The number of halogens is 1. The molecule has 108 valence electrons. The van der Waals surface area contributed by atoms with Gasteiger partial charge in [-0.2, -0.15) is 0 Å². The summed E-state index contributed by atoms with van der Waals surface area (Å²) in [6.07, 6.45) is 2.56. The van der Waals surface area contributed by atoms with Crippen LogP contribution in [0.4, 0.5) is 5.69 Å². The van der Waals surface area contributed by atoms with Gasteiger partial charge >= 0.3 is 0 Å². The molecule has 4 nitrogen and oxygen atoms in total. The lowest BCUT2D eigenvalue weighted by molar-refractivity contribution is -0.127. The Morgan fingerprint density at radius 1 is 1.40 bits per heavy atom. The van der Waals surface area contributed by atoms with Crippen LogP contribution in [0.2, 0.25) is 5.02 Å². The van der Waals surface area contributed by atoms with Crippen molar-refractivity contribution in [3.63, 3.8) is 0 Å². The number of carbonyl (C=O) groups excluding carboxylic acids is 1. The lowest BCUT2D eigenvalue weighted by Crippen LogP contribution is -2.32. The van der Waals surface area contributed by atoms with Crippen LogP contribution in [0.25, 0.3) is 0 Å². The maximum Gasteiger partial charge on any atom is 0.222 e. The summed E-state index contributed by atoms with van der Waals surface area (Å²) in [4.78, 5) is 13.3. The van der Waals surface area contributed by atoms with Gasteiger partial charge in [-0.05, 0) is 37.2 Å². The average molecular weight is 312 g/mol. The molecule has 0 saturated carbocycles. The number of amides is 1. The predicted molar refractivity (Wildman–Crippen MR) is 86.1 cm³/mol. The summed E-state index contributed by atoms with van der Waals surface area (Å²) in [5.74, 6) is 0.266. The minimum absolute atomic E-state index is 0.266. The molecule has 0 bridgehead atoms. The van der Waals surface area contributed by atoms with Crippen LogP contribution in [0, 0.1) is 0 Å². The summed E-state index contributed by atoms with van der Waals surface area (Å²) in [7, 11) is 0. The average Bonchev–Trinajstić information content (AvgIpc) is 2.83. The van der Waals surface area contributed by atoms with Crippen molar-refractivity contribution in [3.05, 3.63) is 29.3 Å². The van der Waals surface area contributed by atoms with Gasteiger partial charge in [-0.3, -0.25) is 4.79 Å². The van der Waals surface area contributed by atoms with Gasteiger partial charge in [0.25, 0.3) is 0 Å². The normalized spacial score (nSPS) is 14.4. The topological polar surface area (TPSA) is 44.4 Å². The van der Waals surface area contributed by atoms with E-state index >= 15 is 0 Å². The molecule has 1 aromatic carbocycles. The molecule has 6 heteroatoms. The first-order valence-electron chi connectivity index (χ1n) is 6.74. The van der Waals surface area contributed by atoms with E-state index in [2.05, 4.69) is 10.6 Å². The second-order valence-corrected chi connectivity index (χ2v) is 5.51. The van der Waals surface area contributed by atoms with Gasteiger partial charge in [0.1, 0.15) is 0 Å². The van der Waals surface area contributed by atoms with E-state index in [1.807, 2.05) is 29.2 Å². The van der Waals surface area contributed by atoms with E-state index < -0.39 is 0 Å². The Morgan fingerprint density at radius 2 is 2.20 bits per heavy atom. The Morgan fingerprint density at radius 3 is 2.90 bits per heavy atom. The third-order valence-electron chi connectivity index (χ3n) is 3.18. The lowest BCUT2D eigenvalue weighted by atomic mass is 10.3. The molecule has 0 spiro atoms. The summed E-state index contributed by atoms with van der Waals surface area (Å²) in [5.41, 5.74) is 0.793. The van der Waals surface area contributed by atoms with E-state index in [1.54, 1.807) is 0 Å². The Kier molecular flexibility index (Phi) is 5.61. The van der Waals surface area contributed by atoms with E-state index in [4.69, 9.17) is 23.8 Å². The molecule has 1 saturated heterocycles. The zero-order valence-corrected chi connectivity index (χ0v) is 12.8. The van der Waals surface area contributed by atoms with Crippen LogP contribution < -0.4 is 10.6 Å². The first kappa shape index (κ1) is 15.1. The van der Waals surface area contributed by atoms with E-state index in [1.165, 1.54) is 0 Å². The fourth-order valence-corrected chi connectivity index (χ4v) is 2.54. The van der Waals surface area contributed by atoms with E-state index in [9.17, 15) is 4.79 Å². The van der Waals surface area contributed by atoms with Crippen molar-refractivity contribution in [3.8, 4) is 0 Å². The van der Waals surface area contributed by atoms with Crippen LogP contribution in [0.3, 0.4) is 0 Å². The summed E-state index contributed by atoms with van der Waals surface area (Å²) < 4.78 is 0. The predicted octanol–water partition coefficient (Wildman–Crippen LogP) is 2.64. The SMILES string of the molecule is O=C1CCCN1CCCNC(=S)Nc1ccccc1Cl. The summed E-state index contributed by atoms with van der Waals surface area (Å²) in [5, 5.41) is 7.36. The van der Waals surface area contributed by atoms with Crippen molar-refractivity contribution in [2.24, 2.45) is 0 Å². The molecule has 1 aliphatic heterocycles. The minimum Gasteiger partial charge on any atom is -0.362 e. The minimum atomic E-state index is 0.266. The number of nitrogens with zero attached hydrogens (tertiary/aromatic N) is 1. The molecular weight excluding hydrogens is 294 g/mol. The number of anilines is 1. The molecule has 0 aliphatic carbocycles. The molecule has 1 aromatic rings. The van der Waals surface area contributed by atoms with Crippen molar-refractivity contribution in [2.45, 2.75) is 19.3 Å². The summed E-state index contributed by atoms with van der Waals surface area (Å²) in [6.45, 7) is 2.42. The maximum absolute atomic E-state index is 11.4. The Labute approximate surface area is 129 Å². The van der Waals surface area contributed by atoms with E-state index in [0.717, 1.165) is 38.2 Å². The highest BCUT2D eigenvalue weighted by Crippen LogP contribution is 2.20. The van der Waals surface area contributed by atoms with Gasteiger partial charge in [0, 0.05) is 26.1 Å². The second-order valence-electron chi connectivity index (χ2n) is 4.70. The van der Waals surface area contributed by atoms with Crippen LogP contribution in [-0.2, 0) is 4.79 Å². The van der Waals surface area contributed by atoms with Crippen molar-refractivity contribution >= 4 is 40.5 Å². The Bertz CT molecular complexity index is 495. The van der Waals surface area contributed by atoms with Gasteiger partial charge in [-0.15, -0.1) is 0 Å². The molecule has 1 aliphatic rings. The lowest BCUT2D eigenvalue weighted by Gasteiger charge is -2.16. The molecule has 0 aromatic heterocycles. The molecule has 2 rings (SSSR count). The summed E-state index contributed by atoms with van der Waals surface area (Å²) in [6, 6.07) is 7.46. The highest BCUT2D eigenvalue weighted by atomic mass is 35.5. The molecule has 0 radical (unpaired) electrons. The molecule has 0 unspecified atom stereocenters. The van der Waals surface area contributed by atoms with Gasteiger partial charge in [0.15, 0.2) is 5.11 Å². The molecule has 20 heavy (non-hydrogen) atoms. The molecule has 1 fully saturated rings. The fourth-order valence-electron chi connectivity index (χ4n) is 2.14. The number of nitrogens with one attached hydrogen (secondary N) is 2. The van der Waals surface area contributed by atoms with Crippen LogP contribution >= 0.6 is 23.8 Å². The van der Waals surface area contributed by atoms with E-state index in [-0.39, 0.29) is 5.91 Å². The highest BCUT2D eigenvalue weighted by molar-refractivity contribution is 7.80. The molecule has 1 heterocycles. The number of carbonyl (C=O) groups is 1. The highest BCUT2D eigenvalue weighted by Gasteiger charge is 2.18. The molecular formula is C14H18ClN3OS. The smallest absolute Gasteiger partial charge is 0.222 e.